The van der Waals surface area contributed by atoms with Crippen molar-refractivity contribution < 1.29 is 17.6 Å². The number of furan rings is 1. The van der Waals surface area contributed by atoms with Crippen molar-refractivity contribution in [2.24, 2.45) is 5.73 Å². The number of benzene rings is 1. The summed E-state index contributed by atoms with van der Waals surface area (Å²) in [5, 5.41) is 0.170. The van der Waals surface area contributed by atoms with Crippen LogP contribution in [0.4, 0.5) is 13.2 Å². The molecule has 2 nitrogen and oxygen atoms in total. The molecular weight excluding hydrogens is 195 g/mol. The number of hydrogen-bond acceptors (Lipinski definition) is 2. The van der Waals surface area contributed by atoms with Gasteiger partial charge < -0.3 is 10.2 Å². The minimum absolute atomic E-state index is 0.0809. The molecule has 0 unspecified atom stereocenters. The minimum atomic E-state index is -1.53. The molecule has 2 aromatic rings. The zero-order chi connectivity index (χ0) is 10.3. The molecule has 0 aliphatic carbocycles. The highest BCUT2D eigenvalue weighted by Crippen LogP contribution is 2.26. The SMILES string of the molecule is NCc1coc2c(F)c(F)c(F)cc12. The first-order valence-corrected chi connectivity index (χ1v) is 3.88. The zero-order valence-electron chi connectivity index (χ0n) is 6.98. The summed E-state index contributed by atoms with van der Waals surface area (Å²) in [4.78, 5) is 0. The Morgan fingerprint density at radius 2 is 1.93 bits per heavy atom. The molecule has 74 valence electrons. The van der Waals surface area contributed by atoms with Crippen molar-refractivity contribution in [1.82, 2.24) is 0 Å². The lowest BCUT2D eigenvalue weighted by molar-refractivity contribution is 0.442. The van der Waals surface area contributed by atoms with E-state index in [-0.39, 0.29) is 17.5 Å². The average molecular weight is 201 g/mol. The fraction of sp³-hybridized carbons (Fsp3) is 0.111. The number of hydrogen-bond donors (Lipinski definition) is 1. The third-order valence-electron chi connectivity index (χ3n) is 2.00. The quantitative estimate of drug-likeness (QED) is 0.719. The predicted molar refractivity (Wildman–Crippen MR) is 44.0 cm³/mol. The van der Waals surface area contributed by atoms with Gasteiger partial charge in [-0.05, 0) is 6.07 Å². The van der Waals surface area contributed by atoms with Crippen LogP contribution in [0.3, 0.4) is 0 Å². The van der Waals surface area contributed by atoms with Gasteiger partial charge >= 0.3 is 0 Å². The number of rotatable bonds is 1. The van der Waals surface area contributed by atoms with Crippen molar-refractivity contribution in [2.75, 3.05) is 0 Å². The summed E-state index contributed by atoms with van der Waals surface area (Å²) in [6.45, 7) is 0.0809. The topological polar surface area (TPSA) is 39.2 Å². The van der Waals surface area contributed by atoms with Crippen molar-refractivity contribution in [2.45, 2.75) is 6.54 Å². The molecule has 0 bridgehead atoms. The summed E-state index contributed by atoms with van der Waals surface area (Å²) in [6, 6.07) is 0.874. The highest BCUT2D eigenvalue weighted by molar-refractivity contribution is 5.81. The Balaban J connectivity index is 2.86. The molecule has 0 aliphatic rings. The minimum Gasteiger partial charge on any atom is -0.461 e. The molecule has 0 spiro atoms. The van der Waals surface area contributed by atoms with E-state index in [4.69, 9.17) is 10.2 Å². The molecule has 0 radical (unpaired) electrons. The molecule has 0 saturated carbocycles. The van der Waals surface area contributed by atoms with Crippen LogP contribution < -0.4 is 5.73 Å². The van der Waals surface area contributed by atoms with Crippen molar-refractivity contribution in [3.8, 4) is 0 Å². The third kappa shape index (κ3) is 1.09. The summed E-state index contributed by atoms with van der Waals surface area (Å²) >= 11 is 0. The van der Waals surface area contributed by atoms with Crippen LogP contribution in [0.1, 0.15) is 5.56 Å². The van der Waals surface area contributed by atoms with Gasteiger partial charge in [0.05, 0.1) is 6.26 Å². The van der Waals surface area contributed by atoms with Gasteiger partial charge in [-0.25, -0.2) is 8.78 Å². The Morgan fingerprint density at radius 1 is 1.21 bits per heavy atom. The molecule has 0 aliphatic heterocycles. The molecule has 0 amide bonds. The van der Waals surface area contributed by atoms with Crippen LogP contribution in [0, 0.1) is 17.5 Å². The number of fused-ring (bicyclic) bond motifs is 1. The third-order valence-corrected chi connectivity index (χ3v) is 2.00. The van der Waals surface area contributed by atoms with Crippen LogP contribution in [-0.2, 0) is 6.54 Å². The van der Waals surface area contributed by atoms with Crippen molar-refractivity contribution >= 4 is 11.0 Å². The molecular formula is C9H6F3NO. The van der Waals surface area contributed by atoms with Gasteiger partial charge in [0, 0.05) is 17.5 Å². The molecule has 1 heterocycles. The van der Waals surface area contributed by atoms with Gasteiger partial charge in [0.1, 0.15) is 0 Å². The van der Waals surface area contributed by atoms with E-state index in [0.717, 1.165) is 6.07 Å². The summed E-state index contributed by atoms with van der Waals surface area (Å²) in [5.74, 6) is -4.10. The van der Waals surface area contributed by atoms with Crippen LogP contribution in [0.2, 0.25) is 0 Å². The molecule has 1 aromatic carbocycles. The van der Waals surface area contributed by atoms with Crippen LogP contribution in [0.15, 0.2) is 16.7 Å². The van der Waals surface area contributed by atoms with E-state index in [9.17, 15) is 13.2 Å². The van der Waals surface area contributed by atoms with Crippen molar-refractivity contribution in [3.63, 3.8) is 0 Å². The van der Waals surface area contributed by atoms with E-state index in [0.29, 0.717) is 5.56 Å². The molecule has 0 fully saturated rings. The maximum atomic E-state index is 13.1. The van der Waals surface area contributed by atoms with Gasteiger partial charge in [-0.15, -0.1) is 0 Å². The standard InChI is InChI=1S/C9H6F3NO/c10-6-1-5-4(2-13)3-14-9(5)8(12)7(6)11/h1,3H,2,13H2. The Bertz CT molecular complexity index is 492. The Kier molecular flexibility index (Phi) is 1.96. The maximum Gasteiger partial charge on any atom is 0.204 e. The molecule has 0 saturated heterocycles. The molecule has 1 aromatic heterocycles. The van der Waals surface area contributed by atoms with E-state index in [1.807, 2.05) is 0 Å². The molecule has 14 heavy (non-hydrogen) atoms. The summed E-state index contributed by atoms with van der Waals surface area (Å²) < 4.78 is 43.3. The predicted octanol–water partition coefficient (Wildman–Crippen LogP) is 2.31. The second kappa shape index (κ2) is 3.02. The van der Waals surface area contributed by atoms with Crippen LogP contribution in [-0.4, -0.2) is 0 Å². The maximum absolute atomic E-state index is 13.1. The Morgan fingerprint density at radius 3 is 2.57 bits per heavy atom. The molecule has 2 rings (SSSR count). The smallest absolute Gasteiger partial charge is 0.204 e. The first-order valence-electron chi connectivity index (χ1n) is 3.88. The zero-order valence-corrected chi connectivity index (χ0v) is 6.98. The first kappa shape index (κ1) is 9.08. The van der Waals surface area contributed by atoms with Crippen molar-refractivity contribution in [1.29, 1.82) is 0 Å². The first-order chi connectivity index (χ1) is 6.65. The van der Waals surface area contributed by atoms with Gasteiger partial charge in [0.2, 0.25) is 5.82 Å². The largest absolute Gasteiger partial charge is 0.461 e. The Labute approximate surface area is 77.1 Å². The summed E-state index contributed by atoms with van der Waals surface area (Å²) in [6.07, 6.45) is 1.19. The molecule has 5 heteroatoms. The lowest BCUT2D eigenvalue weighted by atomic mass is 10.1. The van der Waals surface area contributed by atoms with Gasteiger partial charge in [0.15, 0.2) is 17.2 Å². The fourth-order valence-electron chi connectivity index (χ4n) is 1.28. The van der Waals surface area contributed by atoms with Gasteiger partial charge in [-0.3, -0.25) is 0 Å². The average Bonchev–Trinajstić information content (AvgIpc) is 2.57. The highest BCUT2D eigenvalue weighted by atomic mass is 19.2. The fourth-order valence-corrected chi connectivity index (χ4v) is 1.28. The van der Waals surface area contributed by atoms with E-state index in [2.05, 4.69) is 0 Å². The molecule has 0 atom stereocenters. The second-order valence-electron chi connectivity index (χ2n) is 2.83. The Hall–Kier alpha value is -1.49. The van der Waals surface area contributed by atoms with E-state index >= 15 is 0 Å². The highest BCUT2D eigenvalue weighted by Gasteiger charge is 2.17. The number of halogens is 3. The molecule has 2 N–H and O–H groups in total. The summed E-state index contributed by atoms with van der Waals surface area (Å²) in [7, 11) is 0. The lowest BCUT2D eigenvalue weighted by Gasteiger charge is -1.96. The van der Waals surface area contributed by atoms with Crippen LogP contribution in [0.25, 0.3) is 11.0 Å². The van der Waals surface area contributed by atoms with E-state index in [1.165, 1.54) is 6.26 Å². The van der Waals surface area contributed by atoms with E-state index in [1.54, 1.807) is 0 Å². The van der Waals surface area contributed by atoms with Gasteiger partial charge in [0.25, 0.3) is 0 Å². The number of nitrogens with two attached hydrogens (primary N) is 1. The monoisotopic (exact) mass is 201 g/mol. The second-order valence-corrected chi connectivity index (χ2v) is 2.83. The van der Waals surface area contributed by atoms with Crippen LogP contribution in [0.5, 0.6) is 0 Å². The van der Waals surface area contributed by atoms with Crippen molar-refractivity contribution in [3.05, 3.63) is 35.3 Å². The summed E-state index contributed by atoms with van der Waals surface area (Å²) in [5.41, 5.74) is 5.44. The lowest BCUT2D eigenvalue weighted by Crippen LogP contribution is -1.96. The van der Waals surface area contributed by atoms with E-state index < -0.39 is 17.5 Å². The van der Waals surface area contributed by atoms with Gasteiger partial charge in [-0.2, -0.15) is 4.39 Å². The normalized spacial score (nSPS) is 11.1. The van der Waals surface area contributed by atoms with Gasteiger partial charge in [-0.1, -0.05) is 0 Å². The van der Waals surface area contributed by atoms with Crippen LogP contribution >= 0.6 is 0 Å².